The van der Waals surface area contributed by atoms with Gasteiger partial charge in [0, 0.05) is 6.92 Å². The van der Waals surface area contributed by atoms with E-state index < -0.39 is 17.1 Å². The highest BCUT2D eigenvalue weighted by molar-refractivity contribution is 7.13. The minimum Gasteiger partial charge on any atom is -0.346 e. The lowest BCUT2D eigenvalue weighted by Crippen LogP contribution is -2.23. The summed E-state index contributed by atoms with van der Waals surface area (Å²) in [5.74, 6) is -0.547. The first-order valence-corrected chi connectivity index (χ1v) is 4.05. The molecule has 14 heavy (non-hydrogen) atoms. The molecule has 0 atom stereocenters. The van der Waals surface area contributed by atoms with Gasteiger partial charge < -0.3 is 4.84 Å². The van der Waals surface area contributed by atoms with Crippen molar-refractivity contribution in [1.29, 1.82) is 0 Å². The molecule has 1 amide bonds. The predicted molar refractivity (Wildman–Crippen MR) is 39.4 cm³/mol. The number of halogens is 3. The molecule has 0 saturated heterocycles. The first-order chi connectivity index (χ1) is 6.39. The molecule has 0 fully saturated rings. The number of alkyl halides is 3. The molecule has 0 aliphatic heterocycles. The van der Waals surface area contributed by atoms with Crippen molar-refractivity contribution in [3.05, 3.63) is 5.01 Å². The number of carbonyl (C=O) groups is 1. The van der Waals surface area contributed by atoms with Crippen molar-refractivity contribution >= 4 is 17.2 Å². The molecule has 1 aromatic rings. The molecule has 1 heterocycles. The first-order valence-electron chi connectivity index (χ1n) is 3.23. The average Bonchev–Trinajstić information content (AvgIpc) is 2.47. The minimum atomic E-state index is -4.55. The van der Waals surface area contributed by atoms with Crippen LogP contribution in [0, 0.1) is 0 Å². The normalized spacial score (nSPS) is 11.1. The van der Waals surface area contributed by atoms with Gasteiger partial charge in [0.1, 0.15) is 0 Å². The molecule has 1 aromatic heterocycles. The minimum absolute atomic E-state index is 0.198. The number of nitrogens with zero attached hydrogens (tertiary/aromatic N) is 2. The zero-order valence-electron chi connectivity index (χ0n) is 6.75. The number of hydrogen-bond acceptors (Lipinski definition) is 5. The Bertz CT molecular complexity index is 337. The Labute approximate surface area is 79.8 Å². The summed E-state index contributed by atoms with van der Waals surface area (Å²) < 4.78 is 35.9. The molecule has 1 N–H and O–H groups in total. The molecule has 0 radical (unpaired) electrons. The van der Waals surface area contributed by atoms with Crippen LogP contribution in [0.4, 0.5) is 13.2 Å². The molecule has 0 unspecified atom stereocenters. The molecule has 0 saturated carbocycles. The molecule has 9 heteroatoms. The van der Waals surface area contributed by atoms with E-state index in [-0.39, 0.29) is 16.5 Å². The van der Waals surface area contributed by atoms with Crippen LogP contribution >= 0.6 is 11.3 Å². The molecule has 0 spiro atoms. The third kappa shape index (κ3) is 2.83. The Balaban J connectivity index is 2.64. The predicted octanol–water partition coefficient (Wildman–Crippen LogP) is 0.987. The quantitative estimate of drug-likeness (QED) is 0.765. The SMILES string of the molecule is CC(=O)NOc1nnc(C(F)(F)F)s1. The molecule has 5 nitrogen and oxygen atoms in total. The van der Waals surface area contributed by atoms with Gasteiger partial charge in [-0.2, -0.15) is 18.7 Å². The molecular weight excluding hydrogens is 223 g/mol. The lowest BCUT2D eigenvalue weighted by molar-refractivity contribution is -0.138. The van der Waals surface area contributed by atoms with Gasteiger partial charge >= 0.3 is 11.4 Å². The first kappa shape index (κ1) is 10.7. The van der Waals surface area contributed by atoms with E-state index in [0.29, 0.717) is 0 Å². The highest BCUT2D eigenvalue weighted by Crippen LogP contribution is 2.33. The Morgan fingerprint density at radius 3 is 2.57 bits per heavy atom. The molecule has 1 rings (SSSR count). The summed E-state index contributed by atoms with van der Waals surface area (Å²) >= 11 is 0.198. The topological polar surface area (TPSA) is 64.1 Å². The van der Waals surface area contributed by atoms with Crippen molar-refractivity contribution in [1.82, 2.24) is 15.7 Å². The van der Waals surface area contributed by atoms with E-state index in [1.54, 1.807) is 0 Å². The second-order valence-corrected chi connectivity index (χ2v) is 3.07. The van der Waals surface area contributed by atoms with E-state index in [1.165, 1.54) is 0 Å². The van der Waals surface area contributed by atoms with Gasteiger partial charge in [-0.1, -0.05) is 5.10 Å². The third-order valence-corrected chi connectivity index (χ3v) is 1.78. The standard InChI is InChI=1S/C5H4F3N3O2S/c1-2(12)11-13-4-10-9-3(14-4)5(6,7)8/h1H3,(H,11,12). The summed E-state index contributed by atoms with van der Waals surface area (Å²) in [6, 6.07) is 0. The van der Waals surface area contributed by atoms with Gasteiger partial charge in [0.25, 0.3) is 0 Å². The van der Waals surface area contributed by atoms with Gasteiger partial charge in [-0.05, 0) is 11.3 Å². The number of amides is 1. The number of hydrogen-bond donors (Lipinski definition) is 1. The van der Waals surface area contributed by atoms with E-state index in [1.807, 2.05) is 5.48 Å². The van der Waals surface area contributed by atoms with Crippen LogP contribution in [0.2, 0.25) is 0 Å². The van der Waals surface area contributed by atoms with Crippen molar-refractivity contribution < 1.29 is 22.8 Å². The summed E-state index contributed by atoms with van der Waals surface area (Å²) in [5.41, 5.74) is 1.83. The Morgan fingerprint density at radius 1 is 1.50 bits per heavy atom. The second-order valence-electron chi connectivity index (χ2n) is 2.13. The Hall–Kier alpha value is -1.38. The van der Waals surface area contributed by atoms with Crippen molar-refractivity contribution in [2.45, 2.75) is 13.1 Å². The molecule has 0 aliphatic carbocycles. The van der Waals surface area contributed by atoms with Crippen molar-refractivity contribution in [2.75, 3.05) is 0 Å². The van der Waals surface area contributed by atoms with Crippen molar-refractivity contribution in [3.63, 3.8) is 0 Å². The monoisotopic (exact) mass is 227 g/mol. The number of nitrogens with one attached hydrogen (secondary N) is 1. The van der Waals surface area contributed by atoms with E-state index in [4.69, 9.17) is 0 Å². The van der Waals surface area contributed by atoms with Gasteiger partial charge in [-0.25, -0.2) is 0 Å². The van der Waals surface area contributed by atoms with E-state index >= 15 is 0 Å². The Morgan fingerprint density at radius 2 is 2.14 bits per heavy atom. The number of rotatable bonds is 2. The van der Waals surface area contributed by atoms with Crippen LogP contribution in [0.5, 0.6) is 5.19 Å². The van der Waals surface area contributed by atoms with Crippen LogP contribution in [0.3, 0.4) is 0 Å². The lowest BCUT2D eigenvalue weighted by atomic mass is 10.7. The van der Waals surface area contributed by atoms with Crippen molar-refractivity contribution in [3.8, 4) is 5.19 Å². The molecule has 0 bridgehead atoms. The van der Waals surface area contributed by atoms with Crippen LogP contribution in [-0.4, -0.2) is 16.1 Å². The van der Waals surface area contributed by atoms with Crippen LogP contribution in [-0.2, 0) is 11.0 Å². The lowest BCUT2D eigenvalue weighted by Gasteiger charge is -1.98. The maximum Gasteiger partial charge on any atom is 0.445 e. The number of carbonyl (C=O) groups excluding carboxylic acids is 1. The fourth-order valence-electron chi connectivity index (χ4n) is 0.481. The van der Waals surface area contributed by atoms with E-state index in [0.717, 1.165) is 6.92 Å². The number of hydroxylamine groups is 1. The average molecular weight is 227 g/mol. The van der Waals surface area contributed by atoms with Gasteiger partial charge in [-0.15, -0.1) is 5.10 Å². The summed E-state index contributed by atoms with van der Waals surface area (Å²) in [5, 5.41) is 4.40. The van der Waals surface area contributed by atoms with Gasteiger partial charge in [0.2, 0.25) is 10.9 Å². The van der Waals surface area contributed by atoms with Crippen molar-refractivity contribution in [2.24, 2.45) is 0 Å². The fourth-order valence-corrected chi connectivity index (χ4v) is 1.01. The molecule has 0 aromatic carbocycles. The van der Waals surface area contributed by atoms with Crippen LogP contribution in [0.1, 0.15) is 11.9 Å². The smallest absolute Gasteiger partial charge is 0.346 e. The molecule has 78 valence electrons. The highest BCUT2D eigenvalue weighted by Gasteiger charge is 2.36. The summed E-state index contributed by atoms with van der Waals surface area (Å²) in [6.07, 6.45) is -4.55. The summed E-state index contributed by atoms with van der Waals surface area (Å²) in [4.78, 5) is 14.7. The summed E-state index contributed by atoms with van der Waals surface area (Å²) in [6.45, 7) is 1.14. The molecule has 0 aliphatic rings. The molecular formula is C5H4F3N3O2S. The largest absolute Gasteiger partial charge is 0.445 e. The second kappa shape index (κ2) is 3.78. The van der Waals surface area contributed by atoms with Gasteiger partial charge in [-0.3, -0.25) is 4.79 Å². The van der Waals surface area contributed by atoms with Crippen LogP contribution < -0.4 is 10.3 Å². The third-order valence-electron chi connectivity index (χ3n) is 0.931. The maximum absolute atomic E-state index is 12.0. The van der Waals surface area contributed by atoms with Crippen LogP contribution in [0.25, 0.3) is 0 Å². The Kier molecular flexibility index (Phi) is 2.89. The van der Waals surface area contributed by atoms with Crippen LogP contribution in [0.15, 0.2) is 0 Å². The number of aromatic nitrogens is 2. The zero-order chi connectivity index (χ0) is 10.8. The maximum atomic E-state index is 12.0. The van der Waals surface area contributed by atoms with Gasteiger partial charge in [0.15, 0.2) is 0 Å². The van der Waals surface area contributed by atoms with Gasteiger partial charge in [0.05, 0.1) is 0 Å². The zero-order valence-corrected chi connectivity index (χ0v) is 7.57. The van der Waals surface area contributed by atoms with E-state index in [2.05, 4.69) is 15.0 Å². The highest BCUT2D eigenvalue weighted by atomic mass is 32.1. The summed E-state index contributed by atoms with van der Waals surface area (Å²) in [7, 11) is 0. The van der Waals surface area contributed by atoms with E-state index in [9.17, 15) is 18.0 Å². The fraction of sp³-hybridized carbons (Fsp3) is 0.400.